The predicted octanol–water partition coefficient (Wildman–Crippen LogP) is 3.10. The molecule has 0 saturated heterocycles. The van der Waals surface area contributed by atoms with Crippen LogP contribution in [0, 0.1) is 17.7 Å². The molecule has 0 spiro atoms. The lowest BCUT2D eigenvalue weighted by molar-refractivity contribution is 0.349. The first-order valence-electron chi connectivity index (χ1n) is 6.29. The van der Waals surface area contributed by atoms with Crippen molar-refractivity contribution in [2.24, 2.45) is 11.8 Å². The largest absolute Gasteiger partial charge is 0.310 e. The fraction of sp³-hybridized carbons (Fsp3) is 0.571. The standard InChI is InChI=1S/C14H18FN/c15-13-4-2-1-3-12(13)9-16-14-8-10-5-6-11(14)7-10/h1-4,10-11,14,16H,5-9H2/t10-,11-,14-/m1/s1. The van der Waals surface area contributed by atoms with E-state index in [4.69, 9.17) is 0 Å². The Kier molecular flexibility index (Phi) is 2.68. The van der Waals surface area contributed by atoms with Gasteiger partial charge in [0.2, 0.25) is 0 Å². The zero-order valence-corrected chi connectivity index (χ0v) is 9.45. The number of fused-ring (bicyclic) bond motifs is 2. The van der Waals surface area contributed by atoms with Gasteiger partial charge in [-0.25, -0.2) is 4.39 Å². The number of nitrogens with one attached hydrogen (secondary N) is 1. The molecule has 1 aromatic rings. The minimum absolute atomic E-state index is 0.0850. The second-order valence-corrected chi connectivity index (χ2v) is 5.25. The Morgan fingerprint density at radius 3 is 2.75 bits per heavy atom. The van der Waals surface area contributed by atoms with E-state index in [0.29, 0.717) is 12.6 Å². The second-order valence-electron chi connectivity index (χ2n) is 5.25. The maximum Gasteiger partial charge on any atom is 0.127 e. The van der Waals surface area contributed by atoms with E-state index >= 15 is 0 Å². The summed E-state index contributed by atoms with van der Waals surface area (Å²) in [4.78, 5) is 0. The van der Waals surface area contributed by atoms with Gasteiger partial charge in [0.25, 0.3) is 0 Å². The van der Waals surface area contributed by atoms with Crippen molar-refractivity contribution in [2.45, 2.75) is 38.3 Å². The third-order valence-electron chi connectivity index (χ3n) is 4.25. The maximum absolute atomic E-state index is 13.4. The number of halogens is 1. The van der Waals surface area contributed by atoms with Crippen LogP contribution in [0.25, 0.3) is 0 Å². The molecule has 3 rings (SSSR count). The molecule has 0 aromatic heterocycles. The van der Waals surface area contributed by atoms with Crippen LogP contribution >= 0.6 is 0 Å². The Morgan fingerprint density at radius 2 is 2.06 bits per heavy atom. The Hall–Kier alpha value is -0.890. The molecule has 2 aliphatic carbocycles. The minimum atomic E-state index is -0.0850. The van der Waals surface area contributed by atoms with Gasteiger partial charge in [0.15, 0.2) is 0 Å². The average Bonchev–Trinajstić information content (AvgIpc) is 2.90. The quantitative estimate of drug-likeness (QED) is 0.823. The molecule has 2 saturated carbocycles. The molecular formula is C14H18FN. The molecule has 3 atom stereocenters. The lowest BCUT2D eigenvalue weighted by Gasteiger charge is -2.23. The number of hydrogen-bond donors (Lipinski definition) is 1. The van der Waals surface area contributed by atoms with E-state index in [1.54, 1.807) is 6.07 Å². The van der Waals surface area contributed by atoms with Crippen molar-refractivity contribution in [3.63, 3.8) is 0 Å². The van der Waals surface area contributed by atoms with Crippen molar-refractivity contribution in [2.75, 3.05) is 0 Å². The Bertz CT molecular complexity index is 377. The van der Waals surface area contributed by atoms with Crippen molar-refractivity contribution in [1.29, 1.82) is 0 Å². The van der Waals surface area contributed by atoms with Crippen LogP contribution in [0.1, 0.15) is 31.2 Å². The van der Waals surface area contributed by atoms with Gasteiger partial charge in [-0.1, -0.05) is 24.6 Å². The third-order valence-corrected chi connectivity index (χ3v) is 4.25. The molecule has 2 fully saturated rings. The summed E-state index contributed by atoms with van der Waals surface area (Å²) in [5, 5.41) is 3.53. The van der Waals surface area contributed by atoms with Crippen LogP contribution in [0.2, 0.25) is 0 Å². The Morgan fingerprint density at radius 1 is 1.19 bits per heavy atom. The first-order chi connectivity index (χ1) is 7.83. The van der Waals surface area contributed by atoms with E-state index in [1.807, 2.05) is 12.1 Å². The Labute approximate surface area is 96.1 Å². The molecule has 0 radical (unpaired) electrons. The zero-order valence-electron chi connectivity index (χ0n) is 9.45. The van der Waals surface area contributed by atoms with E-state index in [9.17, 15) is 4.39 Å². The second kappa shape index (κ2) is 4.17. The van der Waals surface area contributed by atoms with Crippen LogP contribution in [0.5, 0.6) is 0 Å². The first-order valence-corrected chi connectivity index (χ1v) is 6.29. The lowest BCUT2D eigenvalue weighted by Crippen LogP contribution is -2.33. The van der Waals surface area contributed by atoms with Crippen LogP contribution in [0.4, 0.5) is 4.39 Å². The summed E-state index contributed by atoms with van der Waals surface area (Å²) in [6, 6.07) is 7.70. The van der Waals surface area contributed by atoms with Gasteiger partial charge in [0.05, 0.1) is 0 Å². The van der Waals surface area contributed by atoms with Crippen molar-refractivity contribution >= 4 is 0 Å². The first kappa shape index (κ1) is 10.3. The topological polar surface area (TPSA) is 12.0 Å². The van der Waals surface area contributed by atoms with Crippen LogP contribution in [-0.2, 0) is 6.54 Å². The van der Waals surface area contributed by atoms with E-state index in [-0.39, 0.29) is 5.82 Å². The SMILES string of the molecule is Fc1ccccc1CN[C@@H]1C[C@@H]2CC[C@@H]1C2. The predicted molar refractivity (Wildman–Crippen MR) is 62.5 cm³/mol. The van der Waals surface area contributed by atoms with Gasteiger partial charge in [0.1, 0.15) is 5.82 Å². The van der Waals surface area contributed by atoms with Crippen molar-refractivity contribution in [1.82, 2.24) is 5.32 Å². The number of benzene rings is 1. The van der Waals surface area contributed by atoms with Gasteiger partial charge in [-0.2, -0.15) is 0 Å². The monoisotopic (exact) mass is 219 g/mol. The summed E-state index contributed by atoms with van der Waals surface area (Å²) < 4.78 is 13.4. The molecule has 0 amide bonds. The highest BCUT2D eigenvalue weighted by Gasteiger charge is 2.38. The summed E-state index contributed by atoms with van der Waals surface area (Å²) in [5.41, 5.74) is 0.797. The lowest BCUT2D eigenvalue weighted by atomic mass is 9.95. The number of rotatable bonds is 3. The molecule has 2 heteroatoms. The summed E-state index contributed by atoms with van der Waals surface area (Å²) in [7, 11) is 0. The fourth-order valence-corrected chi connectivity index (χ4v) is 3.38. The van der Waals surface area contributed by atoms with Crippen LogP contribution in [-0.4, -0.2) is 6.04 Å². The third kappa shape index (κ3) is 1.86. The number of hydrogen-bond acceptors (Lipinski definition) is 1. The summed E-state index contributed by atoms with van der Waals surface area (Å²) >= 11 is 0. The molecule has 16 heavy (non-hydrogen) atoms. The van der Waals surface area contributed by atoms with Crippen LogP contribution in [0.15, 0.2) is 24.3 Å². The van der Waals surface area contributed by atoms with Gasteiger partial charge in [-0.05, 0) is 37.2 Å². The maximum atomic E-state index is 13.4. The normalized spacial score (nSPS) is 32.2. The fourth-order valence-electron chi connectivity index (χ4n) is 3.38. The van der Waals surface area contributed by atoms with Gasteiger partial charge >= 0.3 is 0 Å². The molecule has 2 aliphatic rings. The zero-order chi connectivity index (χ0) is 11.0. The molecule has 0 unspecified atom stereocenters. The molecule has 86 valence electrons. The van der Waals surface area contributed by atoms with E-state index in [0.717, 1.165) is 17.4 Å². The van der Waals surface area contributed by atoms with Gasteiger partial charge in [-0.3, -0.25) is 0 Å². The molecule has 0 aliphatic heterocycles. The van der Waals surface area contributed by atoms with Gasteiger partial charge in [0, 0.05) is 18.2 Å². The van der Waals surface area contributed by atoms with Crippen LogP contribution in [0.3, 0.4) is 0 Å². The minimum Gasteiger partial charge on any atom is -0.310 e. The van der Waals surface area contributed by atoms with Crippen molar-refractivity contribution < 1.29 is 4.39 Å². The van der Waals surface area contributed by atoms with Gasteiger partial charge < -0.3 is 5.32 Å². The van der Waals surface area contributed by atoms with Crippen molar-refractivity contribution in [3.8, 4) is 0 Å². The van der Waals surface area contributed by atoms with Crippen molar-refractivity contribution in [3.05, 3.63) is 35.6 Å². The van der Waals surface area contributed by atoms with E-state index in [2.05, 4.69) is 5.32 Å². The molecule has 0 heterocycles. The summed E-state index contributed by atoms with van der Waals surface area (Å²) in [6.45, 7) is 0.681. The molecular weight excluding hydrogens is 201 g/mol. The summed E-state index contributed by atoms with van der Waals surface area (Å²) in [6.07, 6.45) is 5.50. The van der Waals surface area contributed by atoms with E-state index in [1.165, 1.54) is 31.7 Å². The highest BCUT2D eigenvalue weighted by Crippen LogP contribution is 2.44. The smallest absolute Gasteiger partial charge is 0.127 e. The average molecular weight is 219 g/mol. The highest BCUT2D eigenvalue weighted by molar-refractivity contribution is 5.17. The molecule has 1 N–H and O–H groups in total. The molecule has 1 aromatic carbocycles. The molecule has 2 bridgehead atoms. The Balaban J connectivity index is 1.59. The van der Waals surface area contributed by atoms with E-state index < -0.39 is 0 Å². The van der Waals surface area contributed by atoms with Crippen LogP contribution < -0.4 is 5.32 Å². The highest BCUT2D eigenvalue weighted by atomic mass is 19.1. The van der Waals surface area contributed by atoms with Gasteiger partial charge in [-0.15, -0.1) is 0 Å². The summed E-state index contributed by atoms with van der Waals surface area (Å²) in [5.74, 6) is 1.72. The molecule has 1 nitrogen and oxygen atoms in total.